The number of carbonyl (C=O) groups excluding carboxylic acids is 1. The van der Waals surface area contributed by atoms with Crippen molar-refractivity contribution in [1.82, 2.24) is 10.2 Å². The Morgan fingerprint density at radius 1 is 1.27 bits per heavy atom. The van der Waals surface area contributed by atoms with Gasteiger partial charge in [0, 0.05) is 18.7 Å². The fourth-order valence-corrected chi connectivity index (χ4v) is 3.70. The quantitative estimate of drug-likeness (QED) is 0.840. The van der Waals surface area contributed by atoms with E-state index in [9.17, 15) is 4.79 Å². The van der Waals surface area contributed by atoms with E-state index in [0.717, 1.165) is 49.5 Å². The summed E-state index contributed by atoms with van der Waals surface area (Å²) in [5.74, 6) is 1.67. The zero-order chi connectivity index (χ0) is 14.9. The van der Waals surface area contributed by atoms with Crippen molar-refractivity contribution in [2.24, 2.45) is 5.92 Å². The van der Waals surface area contributed by atoms with Crippen LogP contribution in [0, 0.1) is 5.92 Å². The highest BCUT2D eigenvalue weighted by atomic mass is 17.2. The summed E-state index contributed by atoms with van der Waals surface area (Å²) >= 11 is 0. The van der Waals surface area contributed by atoms with E-state index in [4.69, 9.17) is 9.78 Å². The van der Waals surface area contributed by atoms with Crippen LogP contribution in [0.4, 0.5) is 0 Å². The van der Waals surface area contributed by atoms with E-state index in [1.54, 1.807) is 0 Å². The Bertz CT molecular complexity index is 582. The first-order valence-electron chi connectivity index (χ1n) is 8.22. The van der Waals surface area contributed by atoms with Gasteiger partial charge in [-0.2, -0.15) is 4.89 Å². The average molecular weight is 302 g/mol. The number of carbonyl (C=O) groups is 1. The van der Waals surface area contributed by atoms with Crippen LogP contribution in [0.15, 0.2) is 12.1 Å². The van der Waals surface area contributed by atoms with Crippen LogP contribution in [0.3, 0.4) is 0 Å². The van der Waals surface area contributed by atoms with Crippen LogP contribution in [0.2, 0.25) is 0 Å². The zero-order valence-electron chi connectivity index (χ0n) is 12.8. The maximum atomic E-state index is 12.6. The van der Waals surface area contributed by atoms with Gasteiger partial charge in [-0.05, 0) is 61.5 Å². The molecule has 118 valence electrons. The van der Waals surface area contributed by atoms with Crippen LogP contribution < -0.4 is 10.2 Å². The minimum absolute atomic E-state index is 0.254. The second-order valence-electron chi connectivity index (χ2n) is 6.55. The summed E-state index contributed by atoms with van der Waals surface area (Å²) in [6.07, 6.45) is 3.85. The molecule has 5 nitrogen and oxygen atoms in total. The van der Waals surface area contributed by atoms with Gasteiger partial charge < -0.3 is 15.1 Å². The zero-order valence-corrected chi connectivity index (χ0v) is 12.8. The average Bonchev–Trinajstić information content (AvgIpc) is 2.93. The lowest BCUT2D eigenvalue weighted by molar-refractivity contribution is -0.194. The predicted octanol–water partition coefficient (Wildman–Crippen LogP) is 1.44. The van der Waals surface area contributed by atoms with Crippen molar-refractivity contribution >= 4 is 5.91 Å². The van der Waals surface area contributed by atoms with E-state index in [1.165, 1.54) is 18.4 Å². The van der Waals surface area contributed by atoms with E-state index in [0.29, 0.717) is 18.9 Å². The predicted molar refractivity (Wildman–Crippen MR) is 81.4 cm³/mol. The van der Waals surface area contributed by atoms with Crippen molar-refractivity contribution in [1.29, 1.82) is 0 Å². The largest absolute Gasteiger partial charge is 0.342 e. The molecular formula is C17H22N2O3. The molecule has 0 saturated carbocycles. The standard InChI is InChI=1S/C17H22N2O3/c20-17-8-14-6-15-11-21-22-16(15)7-13(14)3-5-19(17)10-12-2-1-4-18-9-12/h6-7,12,18H,1-5,8-11H2. The fraction of sp³-hybridized carbons (Fsp3) is 0.588. The third-order valence-electron chi connectivity index (χ3n) is 4.97. The summed E-state index contributed by atoms with van der Waals surface area (Å²) in [5.41, 5.74) is 3.42. The third-order valence-corrected chi connectivity index (χ3v) is 4.97. The molecule has 1 amide bonds. The van der Waals surface area contributed by atoms with E-state index >= 15 is 0 Å². The van der Waals surface area contributed by atoms with Crippen LogP contribution >= 0.6 is 0 Å². The molecule has 0 spiro atoms. The van der Waals surface area contributed by atoms with Gasteiger partial charge in [0.1, 0.15) is 6.61 Å². The highest BCUT2D eigenvalue weighted by molar-refractivity contribution is 5.80. The summed E-state index contributed by atoms with van der Waals surface area (Å²) in [6, 6.07) is 4.14. The molecule has 1 saturated heterocycles. The topological polar surface area (TPSA) is 50.8 Å². The molecule has 0 aromatic heterocycles. The van der Waals surface area contributed by atoms with Gasteiger partial charge >= 0.3 is 0 Å². The molecular weight excluding hydrogens is 280 g/mol. The second-order valence-corrected chi connectivity index (χ2v) is 6.55. The number of hydrogen-bond acceptors (Lipinski definition) is 4. The number of benzene rings is 1. The van der Waals surface area contributed by atoms with Crippen LogP contribution in [0.25, 0.3) is 0 Å². The third kappa shape index (κ3) is 2.71. The highest BCUT2D eigenvalue weighted by Crippen LogP contribution is 2.31. The monoisotopic (exact) mass is 302 g/mol. The van der Waals surface area contributed by atoms with E-state index in [2.05, 4.69) is 22.3 Å². The SMILES string of the molecule is O=C1Cc2cc3c(cc2CCN1CC1CCCNC1)OOC3. The first-order valence-corrected chi connectivity index (χ1v) is 8.22. The lowest BCUT2D eigenvalue weighted by Crippen LogP contribution is -2.41. The first kappa shape index (κ1) is 14.0. The maximum absolute atomic E-state index is 12.6. The smallest absolute Gasteiger partial charge is 0.227 e. The summed E-state index contributed by atoms with van der Waals surface area (Å²) in [7, 11) is 0. The van der Waals surface area contributed by atoms with E-state index in [1.807, 2.05) is 0 Å². The van der Waals surface area contributed by atoms with Crippen molar-refractivity contribution in [3.63, 3.8) is 0 Å². The van der Waals surface area contributed by atoms with Crippen LogP contribution in [-0.2, 0) is 29.1 Å². The molecule has 5 heteroatoms. The van der Waals surface area contributed by atoms with Crippen LogP contribution in [0.1, 0.15) is 29.5 Å². The summed E-state index contributed by atoms with van der Waals surface area (Å²) < 4.78 is 0. The van der Waals surface area contributed by atoms with E-state index in [-0.39, 0.29) is 5.91 Å². The number of hydrogen-bond donors (Lipinski definition) is 1. The Labute approximate surface area is 130 Å². The van der Waals surface area contributed by atoms with Crippen molar-refractivity contribution in [3.8, 4) is 5.75 Å². The molecule has 0 radical (unpaired) electrons. The molecule has 22 heavy (non-hydrogen) atoms. The maximum Gasteiger partial charge on any atom is 0.227 e. The Morgan fingerprint density at radius 2 is 2.23 bits per heavy atom. The number of piperidine rings is 1. The number of nitrogens with zero attached hydrogens (tertiary/aromatic N) is 1. The molecule has 3 aliphatic heterocycles. The number of amides is 1. The number of rotatable bonds is 2. The lowest BCUT2D eigenvalue weighted by atomic mass is 9.99. The van der Waals surface area contributed by atoms with Crippen LogP contribution in [-0.4, -0.2) is 37.0 Å². The molecule has 1 aromatic rings. The minimum Gasteiger partial charge on any atom is -0.342 e. The molecule has 1 fully saturated rings. The van der Waals surface area contributed by atoms with Crippen LogP contribution in [0.5, 0.6) is 5.75 Å². The Morgan fingerprint density at radius 3 is 3.09 bits per heavy atom. The van der Waals surface area contributed by atoms with Crippen molar-refractivity contribution in [3.05, 3.63) is 28.8 Å². The molecule has 4 rings (SSSR count). The van der Waals surface area contributed by atoms with Gasteiger partial charge in [-0.25, -0.2) is 0 Å². The first-order chi connectivity index (χ1) is 10.8. The van der Waals surface area contributed by atoms with Gasteiger partial charge in [0.15, 0.2) is 5.75 Å². The Balaban J connectivity index is 1.49. The fourth-order valence-electron chi connectivity index (χ4n) is 3.70. The summed E-state index contributed by atoms with van der Waals surface area (Å²) in [6.45, 7) is 4.33. The second kappa shape index (κ2) is 5.89. The molecule has 1 unspecified atom stereocenters. The van der Waals surface area contributed by atoms with Crippen molar-refractivity contribution in [2.45, 2.75) is 32.3 Å². The van der Waals surface area contributed by atoms with Gasteiger partial charge in [0.25, 0.3) is 0 Å². The van der Waals surface area contributed by atoms with Gasteiger partial charge in [-0.3, -0.25) is 4.79 Å². The number of nitrogens with one attached hydrogen (secondary N) is 1. The molecule has 3 heterocycles. The Hall–Kier alpha value is -1.59. The lowest BCUT2D eigenvalue weighted by Gasteiger charge is -2.29. The highest BCUT2D eigenvalue weighted by Gasteiger charge is 2.26. The van der Waals surface area contributed by atoms with Crippen molar-refractivity contribution in [2.75, 3.05) is 26.2 Å². The van der Waals surface area contributed by atoms with Gasteiger partial charge in [-0.1, -0.05) is 0 Å². The molecule has 1 aromatic carbocycles. The normalized spacial score (nSPS) is 24.5. The molecule has 0 aliphatic carbocycles. The minimum atomic E-state index is 0.254. The number of fused-ring (bicyclic) bond motifs is 2. The van der Waals surface area contributed by atoms with Gasteiger partial charge in [-0.15, -0.1) is 0 Å². The summed E-state index contributed by atoms with van der Waals surface area (Å²) in [4.78, 5) is 24.8. The molecule has 1 N–H and O–H groups in total. The summed E-state index contributed by atoms with van der Waals surface area (Å²) in [5, 5.41) is 3.43. The van der Waals surface area contributed by atoms with E-state index < -0.39 is 0 Å². The molecule has 1 atom stereocenters. The molecule has 0 bridgehead atoms. The van der Waals surface area contributed by atoms with Gasteiger partial charge in [0.05, 0.1) is 6.42 Å². The van der Waals surface area contributed by atoms with Crippen molar-refractivity contribution < 1.29 is 14.6 Å². The van der Waals surface area contributed by atoms with Gasteiger partial charge in [0.2, 0.25) is 5.91 Å². The molecule has 3 aliphatic rings. The Kier molecular flexibility index (Phi) is 3.76.